The average Bonchev–Trinajstić information content (AvgIpc) is 2.35. The van der Waals surface area contributed by atoms with Crippen LogP contribution < -0.4 is 45.0 Å². The molecule has 0 amide bonds. The van der Waals surface area contributed by atoms with Gasteiger partial charge in [0.25, 0.3) is 0 Å². The summed E-state index contributed by atoms with van der Waals surface area (Å²) in [7, 11) is 5.06. The van der Waals surface area contributed by atoms with Crippen molar-refractivity contribution in [1.29, 1.82) is 0 Å². The lowest BCUT2D eigenvalue weighted by molar-refractivity contribution is 1.70. The van der Waals surface area contributed by atoms with Crippen molar-refractivity contribution in [1.82, 2.24) is 0 Å². The lowest BCUT2D eigenvalue weighted by Crippen LogP contribution is -2.19. The molecule has 96 valence electrons. The highest BCUT2D eigenvalue weighted by molar-refractivity contribution is 7.32. The molecule has 0 saturated carbocycles. The lowest BCUT2D eigenvalue weighted by atomic mass is 10.0. The van der Waals surface area contributed by atoms with Crippen LogP contribution in [0.25, 0.3) is 10.8 Å². The average molecular weight is 282 g/mol. The Morgan fingerprint density at radius 1 is 0.444 bits per heavy atom. The largest absolute Gasteiger partial charge is 0.396 e. The minimum Gasteiger partial charge on any atom is -0.396 e. The van der Waals surface area contributed by atoms with Crippen LogP contribution in [0.5, 0.6) is 0 Å². The van der Waals surface area contributed by atoms with Gasteiger partial charge in [0.15, 0.2) is 0 Å². The van der Waals surface area contributed by atoms with Crippen LogP contribution in [0.15, 0.2) is 0 Å². The molecule has 0 saturated heterocycles. The van der Waals surface area contributed by atoms with Gasteiger partial charge in [-0.15, -0.1) is 18.5 Å². The number of hydrogen-bond acceptors (Lipinski definition) is 6. The fourth-order valence-electron chi connectivity index (χ4n) is 1.95. The first kappa shape index (κ1) is 12.8. The third kappa shape index (κ3) is 1.43. The SMILES string of the molecule is Nc1c(N)c(P)c2c(P)c(N)c(N)c(N)c2c1N. The van der Waals surface area contributed by atoms with Gasteiger partial charge >= 0.3 is 0 Å². The van der Waals surface area contributed by atoms with E-state index >= 15 is 0 Å². The van der Waals surface area contributed by atoms with E-state index in [0.29, 0.717) is 50.1 Å². The Labute approximate surface area is 109 Å². The molecular formula is C10H16N6P2. The van der Waals surface area contributed by atoms with Gasteiger partial charge in [-0.3, -0.25) is 0 Å². The third-order valence-electron chi connectivity index (χ3n) is 3.07. The minimum atomic E-state index is 0.299. The van der Waals surface area contributed by atoms with E-state index in [1.54, 1.807) is 0 Å². The highest BCUT2D eigenvalue weighted by Crippen LogP contribution is 2.40. The van der Waals surface area contributed by atoms with E-state index in [9.17, 15) is 0 Å². The summed E-state index contributed by atoms with van der Waals surface area (Å²) in [6, 6.07) is 0. The van der Waals surface area contributed by atoms with Gasteiger partial charge in [0.05, 0.1) is 34.1 Å². The highest BCUT2D eigenvalue weighted by atomic mass is 31.0. The van der Waals surface area contributed by atoms with Crippen molar-refractivity contribution < 1.29 is 0 Å². The second kappa shape index (κ2) is 3.94. The predicted octanol–water partition coefficient (Wildman–Crippen LogP) is -0.666. The van der Waals surface area contributed by atoms with Crippen LogP contribution in [-0.4, -0.2) is 0 Å². The fraction of sp³-hybridized carbons (Fsp3) is 0. The fourth-order valence-corrected chi connectivity index (χ4v) is 3.03. The molecule has 8 heteroatoms. The summed E-state index contributed by atoms with van der Waals surface area (Å²) in [5.74, 6) is 0. The molecule has 2 rings (SSSR count). The number of benzene rings is 2. The van der Waals surface area contributed by atoms with Crippen molar-refractivity contribution in [2.75, 3.05) is 34.4 Å². The number of nitrogen functional groups attached to an aromatic ring is 6. The van der Waals surface area contributed by atoms with E-state index in [4.69, 9.17) is 34.4 Å². The number of rotatable bonds is 0. The molecule has 2 aromatic carbocycles. The Hall–Kier alpha value is -1.64. The molecule has 2 aromatic rings. The van der Waals surface area contributed by atoms with E-state index in [1.165, 1.54) is 0 Å². The number of nitrogens with two attached hydrogens (primary N) is 6. The van der Waals surface area contributed by atoms with E-state index in [-0.39, 0.29) is 0 Å². The van der Waals surface area contributed by atoms with Gasteiger partial charge in [-0.1, -0.05) is 0 Å². The monoisotopic (exact) mass is 282 g/mol. The topological polar surface area (TPSA) is 156 Å². The molecule has 2 atom stereocenters. The quantitative estimate of drug-likeness (QED) is 0.278. The molecule has 0 aromatic heterocycles. The maximum absolute atomic E-state index is 5.98. The highest BCUT2D eigenvalue weighted by Gasteiger charge is 2.19. The first-order valence-electron chi connectivity index (χ1n) is 5.06. The smallest absolute Gasteiger partial charge is 0.0795 e. The van der Waals surface area contributed by atoms with Gasteiger partial charge in [0.2, 0.25) is 0 Å². The Bertz CT molecular complexity index is 569. The first-order valence-corrected chi connectivity index (χ1v) is 6.21. The van der Waals surface area contributed by atoms with Crippen LogP contribution in [0, 0.1) is 0 Å². The van der Waals surface area contributed by atoms with Crippen molar-refractivity contribution >= 4 is 74.0 Å². The van der Waals surface area contributed by atoms with E-state index in [1.807, 2.05) is 0 Å². The van der Waals surface area contributed by atoms with Gasteiger partial charge in [-0.05, 0) is 0 Å². The summed E-state index contributed by atoms with van der Waals surface area (Å²) in [5, 5.41) is 2.75. The molecule has 0 aliphatic rings. The standard InChI is InChI=1S/C10H16N6P2/c11-3-1-2(9(17)7(15)5(3)13)10(18)8(16)6(14)4(1)12/h11-18H2. The molecule has 6 nitrogen and oxygen atoms in total. The van der Waals surface area contributed by atoms with Crippen molar-refractivity contribution in [2.24, 2.45) is 0 Å². The maximum atomic E-state index is 5.98. The Balaban J connectivity index is 3.22. The molecule has 0 aliphatic carbocycles. The molecule has 0 aliphatic heterocycles. The molecule has 0 fully saturated rings. The molecule has 0 radical (unpaired) electrons. The zero-order chi connectivity index (χ0) is 13.8. The summed E-state index contributed by atoms with van der Waals surface area (Å²) in [5.41, 5.74) is 37.5. The normalized spacial score (nSPS) is 11.0. The van der Waals surface area contributed by atoms with Gasteiger partial charge < -0.3 is 34.4 Å². The van der Waals surface area contributed by atoms with Crippen molar-refractivity contribution in [3.8, 4) is 0 Å². The zero-order valence-electron chi connectivity index (χ0n) is 9.62. The van der Waals surface area contributed by atoms with Crippen molar-refractivity contribution in [3.63, 3.8) is 0 Å². The first-order chi connectivity index (χ1) is 8.29. The van der Waals surface area contributed by atoms with Gasteiger partial charge in [0.1, 0.15) is 0 Å². The summed E-state index contributed by atoms with van der Waals surface area (Å²) in [4.78, 5) is 0. The third-order valence-corrected chi connectivity index (χ3v) is 4.27. The molecule has 0 spiro atoms. The summed E-state index contributed by atoms with van der Waals surface area (Å²) in [6.07, 6.45) is 0. The van der Waals surface area contributed by atoms with E-state index in [0.717, 1.165) is 5.39 Å². The minimum absolute atomic E-state index is 0.299. The van der Waals surface area contributed by atoms with Crippen LogP contribution in [0.1, 0.15) is 0 Å². The summed E-state index contributed by atoms with van der Waals surface area (Å²) >= 11 is 0. The number of fused-ring (bicyclic) bond motifs is 1. The van der Waals surface area contributed by atoms with Crippen LogP contribution in [0.4, 0.5) is 34.1 Å². The molecular weight excluding hydrogens is 266 g/mol. The molecule has 0 bridgehead atoms. The molecule has 18 heavy (non-hydrogen) atoms. The van der Waals surface area contributed by atoms with Crippen LogP contribution in [0.3, 0.4) is 0 Å². The Morgan fingerprint density at radius 2 is 0.778 bits per heavy atom. The maximum Gasteiger partial charge on any atom is 0.0795 e. The van der Waals surface area contributed by atoms with Crippen LogP contribution >= 0.6 is 18.5 Å². The number of anilines is 6. The number of hydrogen-bond donors (Lipinski definition) is 6. The van der Waals surface area contributed by atoms with Gasteiger partial charge in [-0.2, -0.15) is 0 Å². The van der Waals surface area contributed by atoms with E-state index < -0.39 is 0 Å². The molecule has 0 heterocycles. The summed E-state index contributed by atoms with van der Waals surface area (Å²) < 4.78 is 0. The predicted molar refractivity (Wildman–Crippen MR) is 89.1 cm³/mol. The Kier molecular flexibility index (Phi) is 2.80. The molecule has 2 unspecified atom stereocenters. The second-order valence-electron chi connectivity index (χ2n) is 4.06. The van der Waals surface area contributed by atoms with Crippen LogP contribution in [0.2, 0.25) is 0 Å². The van der Waals surface area contributed by atoms with Gasteiger partial charge in [0, 0.05) is 21.4 Å². The van der Waals surface area contributed by atoms with Crippen LogP contribution in [-0.2, 0) is 0 Å². The van der Waals surface area contributed by atoms with Crippen molar-refractivity contribution in [3.05, 3.63) is 0 Å². The zero-order valence-corrected chi connectivity index (χ0v) is 11.9. The van der Waals surface area contributed by atoms with Gasteiger partial charge in [-0.25, -0.2) is 0 Å². The second-order valence-corrected chi connectivity index (χ2v) is 5.21. The van der Waals surface area contributed by atoms with Crippen molar-refractivity contribution in [2.45, 2.75) is 0 Å². The van der Waals surface area contributed by atoms with E-state index in [2.05, 4.69) is 18.5 Å². The Morgan fingerprint density at radius 3 is 1.11 bits per heavy atom. The lowest BCUT2D eigenvalue weighted by Gasteiger charge is -2.19. The summed E-state index contributed by atoms with van der Waals surface area (Å²) in [6.45, 7) is 0. The molecule has 12 N–H and O–H groups in total.